The molecule has 0 aliphatic rings. The number of hydrogen-bond donors (Lipinski definition) is 0. The molecular formula is C19H25NO2S. The molecule has 0 aromatic heterocycles. The zero-order valence-corrected chi connectivity index (χ0v) is 14.7. The molecule has 0 heterocycles. The fourth-order valence-corrected chi connectivity index (χ4v) is 4.42. The average Bonchev–Trinajstić information content (AvgIpc) is 2.57. The fraction of sp³-hybridized carbons (Fsp3) is 0.368. The van der Waals surface area contributed by atoms with E-state index in [0.29, 0.717) is 13.0 Å². The van der Waals surface area contributed by atoms with E-state index in [4.69, 9.17) is 0 Å². The van der Waals surface area contributed by atoms with Gasteiger partial charge in [0.1, 0.15) is 5.25 Å². The van der Waals surface area contributed by atoms with Gasteiger partial charge >= 0.3 is 0 Å². The minimum Gasteiger partial charge on any atom is -0.212 e. The molecule has 0 aliphatic heterocycles. The summed E-state index contributed by atoms with van der Waals surface area (Å²) in [5, 5.41) is -0.475. The molecule has 0 spiro atoms. The Kier molecular flexibility index (Phi) is 6.37. The maximum atomic E-state index is 13.1. The maximum absolute atomic E-state index is 13.1. The van der Waals surface area contributed by atoms with E-state index in [1.807, 2.05) is 60.7 Å². The largest absolute Gasteiger partial charge is 0.221 e. The lowest BCUT2D eigenvalue weighted by Crippen LogP contribution is -2.31. The van der Waals surface area contributed by atoms with Crippen molar-refractivity contribution in [3.63, 3.8) is 0 Å². The van der Waals surface area contributed by atoms with Crippen LogP contribution in [-0.2, 0) is 16.6 Å². The SMILES string of the molecule is CCCC[C@@H](c1ccccc1)S(=O)(=O)N(C)Cc1ccccc1. The first-order valence-electron chi connectivity index (χ1n) is 8.09. The van der Waals surface area contributed by atoms with Crippen molar-refractivity contribution in [1.29, 1.82) is 0 Å². The van der Waals surface area contributed by atoms with Gasteiger partial charge in [0, 0.05) is 13.6 Å². The maximum Gasteiger partial charge on any atom is 0.221 e. The minimum atomic E-state index is -3.39. The first-order chi connectivity index (χ1) is 11.1. The van der Waals surface area contributed by atoms with Gasteiger partial charge in [-0.2, -0.15) is 0 Å². The van der Waals surface area contributed by atoms with Crippen molar-refractivity contribution in [2.24, 2.45) is 0 Å². The molecule has 0 bridgehead atoms. The average molecular weight is 331 g/mol. The van der Waals surface area contributed by atoms with Gasteiger partial charge < -0.3 is 0 Å². The van der Waals surface area contributed by atoms with Gasteiger partial charge in [-0.15, -0.1) is 0 Å². The van der Waals surface area contributed by atoms with Gasteiger partial charge in [-0.25, -0.2) is 12.7 Å². The van der Waals surface area contributed by atoms with Gasteiger partial charge in [-0.05, 0) is 17.5 Å². The Hall–Kier alpha value is -1.65. The number of sulfonamides is 1. The molecule has 0 fully saturated rings. The molecule has 0 unspecified atom stereocenters. The molecule has 1 atom stereocenters. The lowest BCUT2D eigenvalue weighted by atomic mass is 10.1. The first kappa shape index (κ1) is 17.7. The van der Waals surface area contributed by atoms with E-state index >= 15 is 0 Å². The van der Waals surface area contributed by atoms with Crippen LogP contribution >= 0.6 is 0 Å². The molecule has 0 radical (unpaired) electrons. The highest BCUT2D eigenvalue weighted by Gasteiger charge is 2.30. The number of unbranched alkanes of at least 4 members (excludes halogenated alkanes) is 1. The highest BCUT2D eigenvalue weighted by molar-refractivity contribution is 7.89. The van der Waals surface area contributed by atoms with Crippen LogP contribution in [0.5, 0.6) is 0 Å². The van der Waals surface area contributed by atoms with Crippen LogP contribution in [0.2, 0.25) is 0 Å². The molecule has 2 rings (SSSR count). The molecule has 3 nitrogen and oxygen atoms in total. The number of hydrogen-bond acceptors (Lipinski definition) is 2. The van der Waals surface area contributed by atoms with E-state index in [0.717, 1.165) is 24.0 Å². The fourth-order valence-electron chi connectivity index (χ4n) is 2.69. The molecule has 0 N–H and O–H groups in total. The zero-order chi connectivity index (χ0) is 16.7. The standard InChI is InChI=1S/C19H25NO2S/c1-3-4-15-19(18-13-9-6-10-14-18)23(21,22)20(2)16-17-11-7-5-8-12-17/h5-14,19H,3-4,15-16H2,1-2H3/t19-/m0/s1. The van der Waals surface area contributed by atoms with Crippen molar-refractivity contribution in [1.82, 2.24) is 4.31 Å². The predicted octanol–water partition coefficient (Wildman–Crippen LogP) is 4.38. The van der Waals surface area contributed by atoms with Crippen molar-refractivity contribution in [3.05, 3.63) is 71.8 Å². The van der Waals surface area contributed by atoms with E-state index in [9.17, 15) is 8.42 Å². The first-order valence-corrected chi connectivity index (χ1v) is 9.60. The Balaban J connectivity index is 2.24. The molecule has 2 aromatic carbocycles. The molecule has 0 amide bonds. The minimum absolute atomic E-state index is 0.401. The molecule has 124 valence electrons. The highest BCUT2D eigenvalue weighted by Crippen LogP contribution is 2.30. The Bertz CT molecular complexity index is 684. The van der Waals surface area contributed by atoms with Gasteiger partial charge in [0.25, 0.3) is 0 Å². The molecular weight excluding hydrogens is 306 g/mol. The number of nitrogens with zero attached hydrogens (tertiary/aromatic N) is 1. The van der Waals surface area contributed by atoms with Crippen molar-refractivity contribution < 1.29 is 8.42 Å². The van der Waals surface area contributed by atoms with Gasteiger partial charge in [0.2, 0.25) is 10.0 Å². The second kappa shape index (κ2) is 8.27. The van der Waals surface area contributed by atoms with E-state index in [1.165, 1.54) is 4.31 Å². The predicted molar refractivity (Wildman–Crippen MR) is 95.5 cm³/mol. The van der Waals surface area contributed by atoms with Crippen molar-refractivity contribution in [2.45, 2.75) is 38.0 Å². The van der Waals surface area contributed by atoms with Crippen LogP contribution in [0.3, 0.4) is 0 Å². The van der Waals surface area contributed by atoms with Crippen LogP contribution in [0.4, 0.5) is 0 Å². The van der Waals surface area contributed by atoms with Gasteiger partial charge in [0.15, 0.2) is 0 Å². The van der Waals surface area contributed by atoms with Crippen molar-refractivity contribution in [3.8, 4) is 0 Å². The quantitative estimate of drug-likeness (QED) is 0.720. The van der Waals surface area contributed by atoms with E-state index in [1.54, 1.807) is 7.05 Å². The van der Waals surface area contributed by atoms with Gasteiger partial charge in [0.05, 0.1) is 0 Å². The lowest BCUT2D eigenvalue weighted by molar-refractivity contribution is 0.450. The molecule has 0 saturated carbocycles. The monoisotopic (exact) mass is 331 g/mol. The number of rotatable bonds is 8. The van der Waals surface area contributed by atoms with Crippen LogP contribution in [0.25, 0.3) is 0 Å². The molecule has 4 heteroatoms. The summed E-state index contributed by atoms with van der Waals surface area (Å²) in [6, 6.07) is 19.3. The molecule has 23 heavy (non-hydrogen) atoms. The third-order valence-corrected chi connectivity index (χ3v) is 6.26. The molecule has 0 aliphatic carbocycles. The number of benzene rings is 2. The summed E-state index contributed by atoms with van der Waals surface area (Å²) >= 11 is 0. The van der Waals surface area contributed by atoms with Gasteiger partial charge in [-0.3, -0.25) is 0 Å². The van der Waals surface area contributed by atoms with E-state index in [2.05, 4.69) is 6.92 Å². The summed E-state index contributed by atoms with van der Waals surface area (Å²) in [7, 11) is -1.72. The van der Waals surface area contributed by atoms with Crippen LogP contribution in [-0.4, -0.2) is 19.8 Å². The summed E-state index contributed by atoms with van der Waals surface area (Å²) in [6.45, 7) is 2.49. The van der Waals surface area contributed by atoms with Gasteiger partial charge in [-0.1, -0.05) is 80.4 Å². The summed E-state index contributed by atoms with van der Waals surface area (Å²) in [4.78, 5) is 0. The Labute approximate surface area is 140 Å². The zero-order valence-electron chi connectivity index (χ0n) is 13.9. The van der Waals surface area contributed by atoms with Crippen LogP contribution < -0.4 is 0 Å². The Morgan fingerprint density at radius 1 is 0.957 bits per heavy atom. The molecule has 2 aromatic rings. The summed E-state index contributed by atoms with van der Waals surface area (Å²) < 4.78 is 27.6. The second-order valence-electron chi connectivity index (χ2n) is 5.83. The smallest absolute Gasteiger partial charge is 0.212 e. The van der Waals surface area contributed by atoms with Crippen LogP contribution in [0.15, 0.2) is 60.7 Å². The Morgan fingerprint density at radius 2 is 1.52 bits per heavy atom. The van der Waals surface area contributed by atoms with Crippen LogP contribution in [0.1, 0.15) is 42.6 Å². The van der Waals surface area contributed by atoms with Crippen molar-refractivity contribution >= 4 is 10.0 Å². The second-order valence-corrected chi connectivity index (χ2v) is 8.05. The summed E-state index contributed by atoms with van der Waals surface area (Å²) in [6.07, 6.45) is 2.54. The normalized spacial score (nSPS) is 13.2. The van der Waals surface area contributed by atoms with Crippen LogP contribution in [0, 0.1) is 0 Å². The summed E-state index contributed by atoms with van der Waals surface area (Å²) in [5.41, 5.74) is 1.88. The third-order valence-electron chi connectivity index (χ3n) is 4.03. The highest BCUT2D eigenvalue weighted by atomic mass is 32.2. The van der Waals surface area contributed by atoms with E-state index < -0.39 is 15.3 Å². The topological polar surface area (TPSA) is 37.4 Å². The van der Waals surface area contributed by atoms with Crippen molar-refractivity contribution in [2.75, 3.05) is 7.05 Å². The van der Waals surface area contributed by atoms with E-state index in [-0.39, 0.29) is 0 Å². The lowest BCUT2D eigenvalue weighted by Gasteiger charge is -2.25. The third kappa shape index (κ3) is 4.66. The summed E-state index contributed by atoms with van der Waals surface area (Å²) in [5.74, 6) is 0. The molecule has 0 saturated heterocycles. The Morgan fingerprint density at radius 3 is 2.09 bits per heavy atom.